The van der Waals surface area contributed by atoms with Crippen molar-refractivity contribution in [3.63, 3.8) is 0 Å². The van der Waals surface area contributed by atoms with Crippen LogP contribution in [0, 0.1) is 0 Å². The molecule has 0 bridgehead atoms. The first kappa shape index (κ1) is 12.7. The first-order valence-electron chi connectivity index (χ1n) is 5.57. The molecule has 5 heteroatoms. The molecule has 1 heterocycles. The predicted octanol–water partition coefficient (Wildman–Crippen LogP) is 1.23. The van der Waals surface area contributed by atoms with Crippen LogP contribution in [0.15, 0.2) is 18.3 Å². The van der Waals surface area contributed by atoms with Gasteiger partial charge < -0.3 is 15.1 Å². The molecule has 0 unspecified atom stereocenters. The lowest BCUT2D eigenvalue weighted by Gasteiger charge is -2.23. The molecule has 3 N–H and O–H groups in total. The fourth-order valence-electron chi connectivity index (χ4n) is 1.48. The van der Waals surface area contributed by atoms with E-state index in [4.69, 9.17) is 10.6 Å². The van der Waals surface area contributed by atoms with E-state index in [1.54, 1.807) is 6.20 Å². The van der Waals surface area contributed by atoms with Gasteiger partial charge in [-0.25, -0.2) is 10.8 Å². The Morgan fingerprint density at radius 3 is 2.94 bits per heavy atom. The zero-order valence-electron chi connectivity index (χ0n) is 9.94. The van der Waals surface area contributed by atoms with Crippen LogP contribution in [0.1, 0.15) is 13.8 Å². The Hall–Kier alpha value is -1.33. The molecule has 1 rings (SSSR count). The highest BCUT2D eigenvalue weighted by molar-refractivity contribution is 5.53. The number of ether oxygens (including phenoxy) is 1. The van der Waals surface area contributed by atoms with E-state index in [0.717, 1.165) is 32.0 Å². The van der Waals surface area contributed by atoms with Gasteiger partial charge in [0.25, 0.3) is 0 Å². The molecule has 0 spiro atoms. The lowest BCUT2D eigenvalue weighted by atomic mass is 10.3. The summed E-state index contributed by atoms with van der Waals surface area (Å²) in [6.07, 6.45) is 1.74. The summed E-state index contributed by atoms with van der Waals surface area (Å²) >= 11 is 0. The Kier molecular flexibility index (Phi) is 5.60. The van der Waals surface area contributed by atoms with Gasteiger partial charge in [0.1, 0.15) is 5.82 Å². The summed E-state index contributed by atoms with van der Waals surface area (Å²) in [5.74, 6) is 6.00. The average Bonchev–Trinajstić information content (AvgIpc) is 2.35. The fraction of sp³-hybridized carbons (Fsp3) is 0.545. The Bertz CT molecular complexity index is 306. The van der Waals surface area contributed by atoms with E-state index in [9.17, 15) is 0 Å². The number of nitrogens with two attached hydrogens (primary N) is 1. The van der Waals surface area contributed by atoms with Crippen LogP contribution in [-0.2, 0) is 4.74 Å². The average molecular weight is 224 g/mol. The van der Waals surface area contributed by atoms with Crippen LogP contribution in [0.4, 0.5) is 11.5 Å². The lowest BCUT2D eigenvalue weighted by Crippen LogP contribution is -2.27. The molecule has 90 valence electrons. The Morgan fingerprint density at radius 1 is 1.50 bits per heavy atom. The molecular formula is C11H20N4O. The third kappa shape index (κ3) is 3.67. The Balaban J connectivity index is 2.62. The minimum Gasteiger partial charge on any atom is -0.380 e. The van der Waals surface area contributed by atoms with E-state index in [2.05, 4.69) is 22.2 Å². The molecule has 0 saturated carbocycles. The maximum absolute atomic E-state index is 5.35. The smallest absolute Gasteiger partial charge is 0.141 e. The number of rotatable bonds is 7. The van der Waals surface area contributed by atoms with Gasteiger partial charge in [-0.15, -0.1) is 0 Å². The highest BCUT2D eigenvalue weighted by Crippen LogP contribution is 2.16. The van der Waals surface area contributed by atoms with E-state index in [0.29, 0.717) is 5.82 Å². The van der Waals surface area contributed by atoms with E-state index in [-0.39, 0.29) is 0 Å². The number of pyridine rings is 1. The van der Waals surface area contributed by atoms with Crippen LogP contribution in [0.5, 0.6) is 0 Å². The van der Waals surface area contributed by atoms with Crippen LogP contribution in [0.25, 0.3) is 0 Å². The van der Waals surface area contributed by atoms with Gasteiger partial charge in [-0.05, 0) is 19.9 Å². The second-order valence-electron chi connectivity index (χ2n) is 3.32. The Labute approximate surface area is 96.6 Å². The van der Waals surface area contributed by atoms with E-state index in [1.165, 1.54) is 0 Å². The van der Waals surface area contributed by atoms with E-state index < -0.39 is 0 Å². The normalized spacial score (nSPS) is 10.2. The zero-order valence-corrected chi connectivity index (χ0v) is 9.94. The third-order valence-corrected chi connectivity index (χ3v) is 2.35. The molecular weight excluding hydrogens is 204 g/mol. The maximum atomic E-state index is 5.35. The highest BCUT2D eigenvalue weighted by atomic mass is 16.5. The van der Waals surface area contributed by atoms with Gasteiger partial charge >= 0.3 is 0 Å². The summed E-state index contributed by atoms with van der Waals surface area (Å²) in [4.78, 5) is 6.30. The van der Waals surface area contributed by atoms with Gasteiger partial charge in [0, 0.05) is 37.6 Å². The predicted molar refractivity (Wildman–Crippen MR) is 66.4 cm³/mol. The van der Waals surface area contributed by atoms with Gasteiger partial charge in [-0.1, -0.05) is 0 Å². The number of aromatic nitrogens is 1. The van der Waals surface area contributed by atoms with Crippen LogP contribution < -0.4 is 16.2 Å². The number of hydrogen-bond donors (Lipinski definition) is 2. The molecule has 1 aromatic heterocycles. The number of likely N-dealkylation sites (N-methyl/N-ethyl adjacent to an activating group) is 1. The molecule has 0 aliphatic heterocycles. The van der Waals surface area contributed by atoms with Crippen LogP contribution in [0.2, 0.25) is 0 Å². The summed E-state index contributed by atoms with van der Waals surface area (Å²) in [6.45, 7) is 7.40. The van der Waals surface area contributed by atoms with E-state index in [1.807, 2.05) is 19.1 Å². The fourth-order valence-corrected chi connectivity index (χ4v) is 1.48. The minimum atomic E-state index is 0.673. The molecule has 0 radical (unpaired) electrons. The molecule has 16 heavy (non-hydrogen) atoms. The van der Waals surface area contributed by atoms with Crippen LogP contribution in [-0.4, -0.2) is 31.3 Å². The number of nitrogens with one attached hydrogen (secondary N) is 1. The van der Waals surface area contributed by atoms with Gasteiger partial charge in [0.15, 0.2) is 0 Å². The van der Waals surface area contributed by atoms with Crippen molar-refractivity contribution in [2.45, 2.75) is 13.8 Å². The molecule has 0 fully saturated rings. The molecule has 1 aromatic rings. The van der Waals surface area contributed by atoms with Crippen molar-refractivity contribution in [2.24, 2.45) is 5.84 Å². The first-order chi connectivity index (χ1) is 7.81. The number of nitrogen functional groups attached to an aromatic ring is 1. The molecule has 0 aromatic carbocycles. The highest BCUT2D eigenvalue weighted by Gasteiger charge is 2.04. The van der Waals surface area contributed by atoms with Crippen molar-refractivity contribution < 1.29 is 4.74 Å². The topological polar surface area (TPSA) is 63.4 Å². The summed E-state index contributed by atoms with van der Waals surface area (Å²) < 4.78 is 5.35. The van der Waals surface area contributed by atoms with Crippen molar-refractivity contribution in [1.82, 2.24) is 4.98 Å². The van der Waals surface area contributed by atoms with Crippen molar-refractivity contribution in [3.8, 4) is 0 Å². The summed E-state index contributed by atoms with van der Waals surface area (Å²) in [7, 11) is 0. The number of nitrogens with zero attached hydrogens (tertiary/aromatic N) is 2. The lowest BCUT2D eigenvalue weighted by molar-refractivity contribution is 0.154. The number of anilines is 2. The monoisotopic (exact) mass is 224 g/mol. The molecule has 0 amide bonds. The molecule has 0 aliphatic rings. The van der Waals surface area contributed by atoms with E-state index >= 15 is 0 Å². The summed E-state index contributed by atoms with van der Waals surface area (Å²) in [5.41, 5.74) is 3.65. The SMILES string of the molecule is CCOCCN(CC)c1ccnc(NN)c1. The van der Waals surface area contributed by atoms with Crippen molar-refractivity contribution >= 4 is 11.5 Å². The summed E-state index contributed by atoms with van der Waals surface area (Å²) in [6, 6.07) is 3.89. The first-order valence-corrected chi connectivity index (χ1v) is 5.57. The van der Waals surface area contributed by atoms with Crippen molar-refractivity contribution in [3.05, 3.63) is 18.3 Å². The standard InChI is InChI=1S/C11H20N4O/c1-3-15(7-8-16-4-2)10-5-6-13-11(9-10)14-12/h5-6,9H,3-4,7-8,12H2,1-2H3,(H,13,14). The second-order valence-corrected chi connectivity index (χ2v) is 3.32. The third-order valence-electron chi connectivity index (χ3n) is 2.35. The maximum Gasteiger partial charge on any atom is 0.141 e. The number of hydrogen-bond acceptors (Lipinski definition) is 5. The van der Waals surface area contributed by atoms with Crippen LogP contribution in [0.3, 0.4) is 0 Å². The van der Waals surface area contributed by atoms with Crippen molar-refractivity contribution in [2.75, 3.05) is 36.6 Å². The quantitative estimate of drug-likeness (QED) is 0.414. The molecule has 0 aliphatic carbocycles. The van der Waals surface area contributed by atoms with Gasteiger partial charge in [0.05, 0.1) is 6.61 Å². The Morgan fingerprint density at radius 2 is 2.31 bits per heavy atom. The zero-order chi connectivity index (χ0) is 11.8. The molecule has 0 atom stereocenters. The van der Waals surface area contributed by atoms with Gasteiger partial charge in [-0.2, -0.15) is 0 Å². The van der Waals surface area contributed by atoms with Crippen LogP contribution >= 0.6 is 0 Å². The van der Waals surface area contributed by atoms with Gasteiger partial charge in [-0.3, -0.25) is 0 Å². The van der Waals surface area contributed by atoms with Crippen molar-refractivity contribution in [1.29, 1.82) is 0 Å². The molecule has 5 nitrogen and oxygen atoms in total. The van der Waals surface area contributed by atoms with Gasteiger partial charge in [0.2, 0.25) is 0 Å². The molecule has 0 saturated heterocycles. The number of hydrazine groups is 1. The largest absolute Gasteiger partial charge is 0.380 e. The minimum absolute atomic E-state index is 0.673. The second kappa shape index (κ2) is 7.03. The summed E-state index contributed by atoms with van der Waals surface area (Å²) in [5, 5.41) is 0.